The normalized spacial score (nSPS) is 16.5. The Bertz CT molecular complexity index is 158. The van der Waals surface area contributed by atoms with Gasteiger partial charge in [-0.05, 0) is 25.8 Å². The van der Waals surface area contributed by atoms with E-state index in [1.54, 1.807) is 0 Å². The lowest BCUT2D eigenvalue weighted by atomic mass is 10.4. The largest absolute Gasteiger partial charge is 0.342 e. The van der Waals surface area contributed by atoms with Crippen molar-refractivity contribution in [2.75, 3.05) is 32.9 Å². The summed E-state index contributed by atoms with van der Waals surface area (Å²) in [6.07, 6.45) is 2.74. The second-order valence-electron chi connectivity index (χ2n) is 3.31. The molecule has 0 radical (unpaired) electrons. The fourth-order valence-corrected chi connectivity index (χ4v) is 1.47. The molecule has 76 valence electrons. The van der Waals surface area contributed by atoms with Crippen LogP contribution in [0.25, 0.3) is 0 Å². The summed E-state index contributed by atoms with van der Waals surface area (Å²) in [5.74, 6) is 0.149. The van der Waals surface area contributed by atoms with Gasteiger partial charge in [0.15, 0.2) is 0 Å². The van der Waals surface area contributed by atoms with Crippen molar-refractivity contribution in [3.8, 4) is 0 Å². The molecule has 0 aromatic carbocycles. The molecular formula is C9H17FN2O. The van der Waals surface area contributed by atoms with E-state index in [0.29, 0.717) is 19.5 Å². The van der Waals surface area contributed by atoms with Crippen LogP contribution in [0, 0.1) is 0 Å². The van der Waals surface area contributed by atoms with Crippen molar-refractivity contribution in [1.29, 1.82) is 0 Å². The van der Waals surface area contributed by atoms with Gasteiger partial charge >= 0.3 is 0 Å². The molecule has 1 aliphatic rings. The standard InChI is InChI=1S/C9H17FN2O/c10-4-3-5-11-8-9(13)12-6-1-2-7-12/h11H,1-8H2. The number of halogens is 1. The van der Waals surface area contributed by atoms with Gasteiger partial charge in [-0.25, -0.2) is 0 Å². The van der Waals surface area contributed by atoms with Crippen LogP contribution < -0.4 is 5.32 Å². The van der Waals surface area contributed by atoms with Crippen LogP contribution in [0.5, 0.6) is 0 Å². The number of nitrogens with one attached hydrogen (secondary N) is 1. The number of rotatable bonds is 5. The van der Waals surface area contributed by atoms with Gasteiger partial charge in [0.1, 0.15) is 0 Å². The summed E-state index contributed by atoms with van der Waals surface area (Å²) in [7, 11) is 0. The Kier molecular flexibility index (Phi) is 4.75. The van der Waals surface area contributed by atoms with Gasteiger partial charge in [-0.2, -0.15) is 0 Å². The maximum absolute atomic E-state index is 11.7. The predicted molar refractivity (Wildman–Crippen MR) is 49.3 cm³/mol. The van der Waals surface area contributed by atoms with Crippen LogP contribution in [0.1, 0.15) is 19.3 Å². The first-order valence-electron chi connectivity index (χ1n) is 4.89. The van der Waals surface area contributed by atoms with Gasteiger partial charge in [-0.3, -0.25) is 9.18 Å². The molecular weight excluding hydrogens is 171 g/mol. The topological polar surface area (TPSA) is 32.3 Å². The number of nitrogens with zero attached hydrogens (tertiary/aromatic N) is 1. The Morgan fingerprint density at radius 1 is 1.38 bits per heavy atom. The summed E-state index contributed by atoms with van der Waals surface area (Å²) in [5, 5.41) is 2.93. The van der Waals surface area contributed by atoms with Crippen molar-refractivity contribution in [2.24, 2.45) is 0 Å². The fraction of sp³-hybridized carbons (Fsp3) is 0.889. The minimum atomic E-state index is -0.315. The summed E-state index contributed by atoms with van der Waals surface area (Å²) < 4.78 is 11.7. The molecule has 1 saturated heterocycles. The van der Waals surface area contributed by atoms with Crippen molar-refractivity contribution < 1.29 is 9.18 Å². The molecule has 1 rings (SSSR count). The highest BCUT2D eigenvalue weighted by atomic mass is 19.1. The average Bonchev–Trinajstić information content (AvgIpc) is 2.65. The number of hydrogen-bond acceptors (Lipinski definition) is 2. The number of carbonyl (C=O) groups is 1. The Hall–Kier alpha value is -0.640. The molecule has 3 nitrogen and oxygen atoms in total. The zero-order valence-corrected chi connectivity index (χ0v) is 7.89. The van der Waals surface area contributed by atoms with E-state index >= 15 is 0 Å². The zero-order valence-electron chi connectivity index (χ0n) is 7.89. The summed E-state index contributed by atoms with van der Waals surface area (Å²) >= 11 is 0. The van der Waals surface area contributed by atoms with Gasteiger partial charge in [0, 0.05) is 13.1 Å². The first-order chi connectivity index (χ1) is 6.34. The Balaban J connectivity index is 2.03. The van der Waals surface area contributed by atoms with E-state index < -0.39 is 0 Å². The molecule has 0 saturated carbocycles. The van der Waals surface area contributed by atoms with E-state index in [1.165, 1.54) is 0 Å². The molecule has 1 aliphatic heterocycles. The maximum atomic E-state index is 11.7. The van der Waals surface area contributed by atoms with E-state index in [9.17, 15) is 9.18 Å². The zero-order chi connectivity index (χ0) is 9.52. The van der Waals surface area contributed by atoms with E-state index in [2.05, 4.69) is 5.32 Å². The van der Waals surface area contributed by atoms with Crippen LogP contribution in [0.15, 0.2) is 0 Å². The summed E-state index contributed by atoms with van der Waals surface area (Å²) in [6, 6.07) is 0. The summed E-state index contributed by atoms with van der Waals surface area (Å²) in [5.41, 5.74) is 0. The SMILES string of the molecule is O=C(CNCCCF)N1CCCC1. The Morgan fingerprint density at radius 2 is 2.08 bits per heavy atom. The highest BCUT2D eigenvalue weighted by Crippen LogP contribution is 2.06. The van der Waals surface area contributed by atoms with Gasteiger partial charge in [-0.15, -0.1) is 0 Å². The van der Waals surface area contributed by atoms with Gasteiger partial charge in [0.05, 0.1) is 13.2 Å². The third kappa shape index (κ3) is 3.72. The highest BCUT2D eigenvalue weighted by molar-refractivity contribution is 5.78. The van der Waals surface area contributed by atoms with E-state index in [0.717, 1.165) is 25.9 Å². The van der Waals surface area contributed by atoms with Crippen LogP contribution in [0.2, 0.25) is 0 Å². The van der Waals surface area contributed by atoms with Crippen molar-refractivity contribution in [3.63, 3.8) is 0 Å². The second-order valence-corrected chi connectivity index (χ2v) is 3.31. The molecule has 1 amide bonds. The van der Waals surface area contributed by atoms with Gasteiger partial charge in [0.25, 0.3) is 0 Å². The number of amides is 1. The van der Waals surface area contributed by atoms with Crippen molar-refractivity contribution in [3.05, 3.63) is 0 Å². The average molecular weight is 188 g/mol. The highest BCUT2D eigenvalue weighted by Gasteiger charge is 2.16. The monoisotopic (exact) mass is 188 g/mol. The molecule has 0 aromatic rings. The van der Waals surface area contributed by atoms with Gasteiger partial charge in [0.2, 0.25) is 5.91 Å². The lowest BCUT2D eigenvalue weighted by Gasteiger charge is -2.15. The molecule has 0 aliphatic carbocycles. The van der Waals surface area contributed by atoms with E-state index in [1.807, 2.05) is 4.90 Å². The number of hydrogen-bond donors (Lipinski definition) is 1. The molecule has 0 bridgehead atoms. The quantitative estimate of drug-likeness (QED) is 0.639. The first-order valence-corrected chi connectivity index (χ1v) is 4.89. The molecule has 1 N–H and O–H groups in total. The molecule has 1 fully saturated rings. The molecule has 4 heteroatoms. The second kappa shape index (κ2) is 5.91. The molecule has 13 heavy (non-hydrogen) atoms. The number of carbonyl (C=O) groups excluding carboxylic acids is 1. The van der Waals surface area contributed by atoms with Gasteiger partial charge in [-0.1, -0.05) is 0 Å². The predicted octanol–water partition coefficient (Wildman–Crippen LogP) is 0.558. The third-order valence-corrected chi connectivity index (χ3v) is 2.22. The lowest BCUT2D eigenvalue weighted by molar-refractivity contribution is -0.129. The Labute approximate surface area is 78.3 Å². The van der Waals surface area contributed by atoms with Crippen LogP contribution in [0.4, 0.5) is 4.39 Å². The molecule has 1 heterocycles. The third-order valence-electron chi connectivity index (χ3n) is 2.22. The first kappa shape index (κ1) is 10.4. The summed E-state index contributed by atoms with van der Waals surface area (Å²) in [6.45, 7) is 2.42. The number of likely N-dealkylation sites (tertiary alicyclic amines) is 1. The van der Waals surface area contributed by atoms with Crippen LogP contribution in [0.3, 0.4) is 0 Å². The number of alkyl halides is 1. The van der Waals surface area contributed by atoms with Crippen LogP contribution in [-0.4, -0.2) is 43.7 Å². The molecule has 0 unspecified atom stereocenters. The molecule has 0 spiro atoms. The Morgan fingerprint density at radius 3 is 2.69 bits per heavy atom. The summed E-state index contributed by atoms with van der Waals surface area (Å²) in [4.78, 5) is 13.2. The van der Waals surface area contributed by atoms with Crippen molar-refractivity contribution in [2.45, 2.75) is 19.3 Å². The van der Waals surface area contributed by atoms with Crippen molar-refractivity contribution in [1.82, 2.24) is 10.2 Å². The minimum absolute atomic E-state index is 0.149. The van der Waals surface area contributed by atoms with E-state index in [4.69, 9.17) is 0 Å². The maximum Gasteiger partial charge on any atom is 0.236 e. The smallest absolute Gasteiger partial charge is 0.236 e. The molecule has 0 aromatic heterocycles. The van der Waals surface area contributed by atoms with Crippen LogP contribution >= 0.6 is 0 Å². The molecule has 0 atom stereocenters. The van der Waals surface area contributed by atoms with E-state index in [-0.39, 0.29) is 12.6 Å². The van der Waals surface area contributed by atoms with Crippen LogP contribution in [-0.2, 0) is 4.79 Å². The van der Waals surface area contributed by atoms with Gasteiger partial charge < -0.3 is 10.2 Å². The lowest BCUT2D eigenvalue weighted by Crippen LogP contribution is -2.36. The fourth-order valence-electron chi connectivity index (χ4n) is 1.47. The minimum Gasteiger partial charge on any atom is -0.342 e. The van der Waals surface area contributed by atoms with Crippen molar-refractivity contribution >= 4 is 5.91 Å².